The van der Waals surface area contributed by atoms with Crippen molar-refractivity contribution < 1.29 is 9.53 Å². The third-order valence-electron chi connectivity index (χ3n) is 4.33. The normalized spacial score (nSPS) is 32.3. The second-order valence-electron chi connectivity index (χ2n) is 5.49. The first-order valence-electron chi connectivity index (χ1n) is 6.94. The van der Waals surface area contributed by atoms with Crippen molar-refractivity contribution in [3.63, 3.8) is 0 Å². The highest BCUT2D eigenvalue weighted by Crippen LogP contribution is 2.39. The van der Waals surface area contributed by atoms with E-state index in [4.69, 9.17) is 4.74 Å². The highest BCUT2D eigenvalue weighted by Gasteiger charge is 2.34. The summed E-state index contributed by atoms with van der Waals surface area (Å²) in [5.74, 6) is 1.41. The van der Waals surface area contributed by atoms with Crippen LogP contribution in [0.25, 0.3) is 0 Å². The topological polar surface area (TPSA) is 26.3 Å². The van der Waals surface area contributed by atoms with Gasteiger partial charge in [-0.3, -0.25) is 4.79 Å². The van der Waals surface area contributed by atoms with Crippen LogP contribution in [0.3, 0.4) is 0 Å². The van der Waals surface area contributed by atoms with Crippen molar-refractivity contribution in [1.82, 2.24) is 0 Å². The minimum atomic E-state index is -0.0901. The van der Waals surface area contributed by atoms with Crippen molar-refractivity contribution in [2.75, 3.05) is 0 Å². The lowest BCUT2D eigenvalue weighted by atomic mass is 9.72. The maximum Gasteiger partial charge on any atom is 0.302 e. The third kappa shape index (κ3) is 2.99. The molecule has 92 valence electrons. The van der Waals surface area contributed by atoms with Gasteiger partial charge in [0.1, 0.15) is 6.10 Å². The molecule has 0 aliphatic heterocycles. The van der Waals surface area contributed by atoms with E-state index in [0.717, 1.165) is 12.3 Å². The summed E-state index contributed by atoms with van der Waals surface area (Å²) in [7, 11) is 0. The molecule has 0 heterocycles. The van der Waals surface area contributed by atoms with Gasteiger partial charge >= 0.3 is 5.97 Å². The summed E-state index contributed by atoms with van der Waals surface area (Å²) in [4.78, 5) is 11.1. The summed E-state index contributed by atoms with van der Waals surface area (Å²) in [6.45, 7) is 1.55. The smallest absolute Gasteiger partial charge is 0.302 e. The van der Waals surface area contributed by atoms with Gasteiger partial charge in [-0.1, -0.05) is 38.5 Å². The van der Waals surface area contributed by atoms with Gasteiger partial charge in [0.05, 0.1) is 0 Å². The van der Waals surface area contributed by atoms with Crippen LogP contribution < -0.4 is 0 Å². The molecule has 0 spiro atoms. The Labute approximate surface area is 98.7 Å². The van der Waals surface area contributed by atoms with Gasteiger partial charge < -0.3 is 4.74 Å². The monoisotopic (exact) mass is 224 g/mol. The van der Waals surface area contributed by atoms with Crippen LogP contribution in [0.5, 0.6) is 0 Å². The van der Waals surface area contributed by atoms with E-state index in [1.807, 2.05) is 0 Å². The van der Waals surface area contributed by atoms with E-state index in [9.17, 15) is 4.79 Å². The molecule has 0 N–H and O–H groups in total. The molecule has 0 amide bonds. The van der Waals surface area contributed by atoms with Crippen molar-refractivity contribution >= 4 is 5.97 Å². The zero-order valence-electron chi connectivity index (χ0n) is 10.4. The predicted molar refractivity (Wildman–Crippen MR) is 64.1 cm³/mol. The molecule has 0 aromatic rings. The van der Waals surface area contributed by atoms with Gasteiger partial charge in [-0.25, -0.2) is 0 Å². The van der Waals surface area contributed by atoms with Crippen LogP contribution in [-0.2, 0) is 9.53 Å². The average molecular weight is 224 g/mol. The number of carbonyl (C=O) groups is 1. The van der Waals surface area contributed by atoms with Crippen LogP contribution in [0.15, 0.2) is 0 Å². The fourth-order valence-corrected chi connectivity index (χ4v) is 3.59. The highest BCUT2D eigenvalue weighted by molar-refractivity contribution is 5.66. The van der Waals surface area contributed by atoms with Gasteiger partial charge in [0, 0.05) is 6.92 Å². The molecule has 2 saturated carbocycles. The van der Waals surface area contributed by atoms with Gasteiger partial charge in [0.25, 0.3) is 0 Å². The van der Waals surface area contributed by atoms with Crippen molar-refractivity contribution in [2.45, 2.75) is 70.8 Å². The molecule has 2 aliphatic rings. The molecule has 0 saturated heterocycles. The van der Waals surface area contributed by atoms with E-state index >= 15 is 0 Å². The van der Waals surface area contributed by atoms with Crippen LogP contribution in [0.2, 0.25) is 0 Å². The molecule has 0 bridgehead atoms. The number of rotatable bonds is 2. The van der Waals surface area contributed by atoms with Gasteiger partial charge in [0.2, 0.25) is 0 Å². The molecule has 2 rings (SSSR count). The number of carbonyl (C=O) groups excluding carboxylic acids is 1. The average Bonchev–Trinajstić information content (AvgIpc) is 2.30. The second-order valence-corrected chi connectivity index (χ2v) is 5.49. The number of esters is 1. The molecule has 0 aromatic heterocycles. The first-order chi connectivity index (χ1) is 7.77. The molecule has 0 radical (unpaired) electrons. The lowest BCUT2D eigenvalue weighted by molar-refractivity contribution is -0.152. The first kappa shape index (κ1) is 11.9. The van der Waals surface area contributed by atoms with Crippen molar-refractivity contribution in [2.24, 2.45) is 11.8 Å². The first-order valence-corrected chi connectivity index (χ1v) is 6.94. The fourth-order valence-electron chi connectivity index (χ4n) is 3.59. The SMILES string of the molecule is CC(=O)O[C@@H]1CCCC[C@@H]1C1CCCCC1. The standard InChI is InChI=1S/C14H24O2/c1-11(15)16-14-10-6-5-9-13(14)12-7-3-2-4-8-12/h12-14H,2-10H2,1H3/t13-,14-/m1/s1. The summed E-state index contributed by atoms with van der Waals surface area (Å²) in [5.41, 5.74) is 0. The van der Waals surface area contributed by atoms with Gasteiger partial charge in [-0.05, 0) is 31.1 Å². The molecule has 2 nitrogen and oxygen atoms in total. The Kier molecular flexibility index (Phi) is 4.25. The van der Waals surface area contributed by atoms with Crippen LogP contribution >= 0.6 is 0 Å². The second kappa shape index (κ2) is 5.70. The Balaban J connectivity index is 1.94. The van der Waals surface area contributed by atoms with Crippen LogP contribution in [-0.4, -0.2) is 12.1 Å². The molecule has 2 aliphatic carbocycles. The van der Waals surface area contributed by atoms with E-state index in [-0.39, 0.29) is 12.1 Å². The molecule has 2 atom stereocenters. The molecular weight excluding hydrogens is 200 g/mol. The van der Waals surface area contributed by atoms with Crippen molar-refractivity contribution in [1.29, 1.82) is 0 Å². The van der Waals surface area contributed by atoms with Crippen LogP contribution in [0, 0.1) is 11.8 Å². The molecule has 2 fully saturated rings. The summed E-state index contributed by atoms with van der Waals surface area (Å²) in [6.07, 6.45) is 12.1. The minimum absolute atomic E-state index is 0.0901. The van der Waals surface area contributed by atoms with E-state index < -0.39 is 0 Å². The zero-order chi connectivity index (χ0) is 11.4. The predicted octanol–water partition coefficient (Wildman–Crippen LogP) is 3.69. The Morgan fingerprint density at radius 2 is 1.56 bits per heavy atom. The van der Waals surface area contributed by atoms with Crippen LogP contribution in [0.1, 0.15) is 64.7 Å². The van der Waals surface area contributed by atoms with E-state index in [1.54, 1.807) is 6.92 Å². The quantitative estimate of drug-likeness (QED) is 0.669. The fraction of sp³-hybridized carbons (Fsp3) is 0.929. The molecule has 0 unspecified atom stereocenters. The van der Waals surface area contributed by atoms with E-state index in [0.29, 0.717) is 5.92 Å². The third-order valence-corrected chi connectivity index (χ3v) is 4.33. The van der Waals surface area contributed by atoms with Gasteiger partial charge in [0.15, 0.2) is 0 Å². The zero-order valence-corrected chi connectivity index (χ0v) is 10.4. The molecule has 16 heavy (non-hydrogen) atoms. The number of hydrogen-bond acceptors (Lipinski definition) is 2. The van der Waals surface area contributed by atoms with Crippen molar-refractivity contribution in [3.8, 4) is 0 Å². The Morgan fingerprint density at radius 1 is 0.938 bits per heavy atom. The highest BCUT2D eigenvalue weighted by atomic mass is 16.5. The van der Waals surface area contributed by atoms with Gasteiger partial charge in [-0.2, -0.15) is 0 Å². The lowest BCUT2D eigenvalue weighted by Crippen LogP contribution is -2.35. The molecular formula is C14H24O2. The van der Waals surface area contributed by atoms with E-state index in [2.05, 4.69) is 0 Å². The molecule has 2 heteroatoms. The Bertz CT molecular complexity index is 231. The van der Waals surface area contributed by atoms with Crippen molar-refractivity contribution in [3.05, 3.63) is 0 Å². The number of hydrogen-bond donors (Lipinski definition) is 0. The largest absolute Gasteiger partial charge is 0.462 e. The maximum atomic E-state index is 11.1. The minimum Gasteiger partial charge on any atom is -0.462 e. The Hall–Kier alpha value is -0.530. The summed E-state index contributed by atoms with van der Waals surface area (Å²) < 4.78 is 5.52. The lowest BCUT2D eigenvalue weighted by Gasteiger charge is -2.38. The number of ether oxygens (including phenoxy) is 1. The summed E-state index contributed by atoms with van der Waals surface area (Å²) in [6, 6.07) is 0. The van der Waals surface area contributed by atoms with E-state index in [1.165, 1.54) is 51.4 Å². The van der Waals surface area contributed by atoms with Crippen LogP contribution in [0.4, 0.5) is 0 Å². The summed E-state index contributed by atoms with van der Waals surface area (Å²) in [5, 5.41) is 0. The summed E-state index contributed by atoms with van der Waals surface area (Å²) >= 11 is 0. The maximum absolute atomic E-state index is 11.1. The molecule has 0 aromatic carbocycles. The van der Waals surface area contributed by atoms with Gasteiger partial charge in [-0.15, -0.1) is 0 Å². The Morgan fingerprint density at radius 3 is 2.25 bits per heavy atom.